The van der Waals surface area contributed by atoms with Gasteiger partial charge in [0.15, 0.2) is 4.96 Å². The number of ether oxygens (including phenoxy) is 1. The van der Waals surface area contributed by atoms with Crippen molar-refractivity contribution in [3.05, 3.63) is 77.4 Å². The zero-order valence-electron chi connectivity index (χ0n) is 13.8. The number of imidazole rings is 1. The molecule has 0 amide bonds. The molecule has 2 heterocycles. The number of hydrogen-bond donors (Lipinski definition) is 1. The van der Waals surface area contributed by atoms with E-state index in [0.717, 1.165) is 32.4 Å². The van der Waals surface area contributed by atoms with Gasteiger partial charge in [-0.1, -0.05) is 42.5 Å². The lowest BCUT2D eigenvalue weighted by molar-refractivity contribution is -0.136. The molecule has 26 heavy (non-hydrogen) atoms. The molecule has 6 heteroatoms. The molecule has 0 spiro atoms. The molecule has 0 saturated carbocycles. The highest BCUT2D eigenvalue weighted by Crippen LogP contribution is 2.31. The minimum absolute atomic E-state index is 0.0140. The number of aromatic nitrogens is 2. The van der Waals surface area contributed by atoms with Crippen molar-refractivity contribution in [2.45, 2.75) is 13.0 Å². The molecule has 2 aromatic carbocycles. The Kier molecular flexibility index (Phi) is 4.41. The predicted molar refractivity (Wildman–Crippen MR) is 101 cm³/mol. The van der Waals surface area contributed by atoms with Crippen molar-refractivity contribution in [2.24, 2.45) is 0 Å². The molecule has 0 radical (unpaired) electrons. The van der Waals surface area contributed by atoms with E-state index in [9.17, 15) is 4.79 Å². The molecule has 0 unspecified atom stereocenters. The van der Waals surface area contributed by atoms with Crippen LogP contribution in [0.4, 0.5) is 0 Å². The topological polar surface area (TPSA) is 63.8 Å². The van der Waals surface area contributed by atoms with E-state index in [2.05, 4.69) is 4.98 Å². The van der Waals surface area contributed by atoms with Crippen LogP contribution in [0, 0.1) is 0 Å². The summed E-state index contributed by atoms with van der Waals surface area (Å²) in [4.78, 5) is 17.0. The van der Waals surface area contributed by atoms with Crippen LogP contribution in [0.5, 0.6) is 5.75 Å². The Morgan fingerprint density at radius 2 is 1.85 bits per heavy atom. The third kappa shape index (κ3) is 3.45. The molecule has 0 aliphatic carbocycles. The third-order valence-corrected chi connectivity index (χ3v) is 4.93. The average Bonchev–Trinajstić information content (AvgIpc) is 3.19. The SMILES string of the molecule is O=C(O)Cc1cn2cc(-c3ccccc3OCc3ccccc3)nc2s1. The molecule has 2 aromatic heterocycles. The lowest BCUT2D eigenvalue weighted by Gasteiger charge is -2.10. The van der Waals surface area contributed by atoms with E-state index in [0.29, 0.717) is 6.61 Å². The minimum atomic E-state index is -0.839. The van der Waals surface area contributed by atoms with Crippen LogP contribution in [0.2, 0.25) is 0 Å². The number of para-hydroxylation sites is 1. The lowest BCUT2D eigenvalue weighted by atomic mass is 10.1. The summed E-state index contributed by atoms with van der Waals surface area (Å²) in [5, 5.41) is 8.91. The lowest BCUT2D eigenvalue weighted by Crippen LogP contribution is -1.97. The number of carboxylic acids is 1. The Morgan fingerprint density at radius 3 is 2.62 bits per heavy atom. The number of thiazole rings is 1. The van der Waals surface area contributed by atoms with E-state index in [1.807, 2.05) is 71.4 Å². The summed E-state index contributed by atoms with van der Waals surface area (Å²) in [7, 11) is 0. The minimum Gasteiger partial charge on any atom is -0.488 e. The Hall–Kier alpha value is -3.12. The molecule has 0 bridgehead atoms. The standard InChI is InChI=1S/C20H16N2O3S/c23-19(24)10-15-11-22-12-17(21-20(22)26-15)16-8-4-5-9-18(16)25-13-14-6-2-1-3-7-14/h1-9,11-12H,10,13H2,(H,23,24). The van der Waals surface area contributed by atoms with Crippen LogP contribution in [0.15, 0.2) is 67.0 Å². The van der Waals surface area contributed by atoms with E-state index >= 15 is 0 Å². The van der Waals surface area contributed by atoms with Crippen molar-refractivity contribution in [1.29, 1.82) is 0 Å². The van der Waals surface area contributed by atoms with Crippen LogP contribution >= 0.6 is 11.3 Å². The summed E-state index contributed by atoms with van der Waals surface area (Å²) in [5.74, 6) is -0.0674. The van der Waals surface area contributed by atoms with Gasteiger partial charge in [0.05, 0.1) is 12.1 Å². The first kappa shape index (κ1) is 16.4. The summed E-state index contributed by atoms with van der Waals surface area (Å²) in [6, 6.07) is 17.8. The second kappa shape index (κ2) is 7.01. The number of hydrogen-bond acceptors (Lipinski definition) is 4. The molecule has 1 N–H and O–H groups in total. The van der Waals surface area contributed by atoms with Gasteiger partial charge >= 0.3 is 5.97 Å². The van der Waals surface area contributed by atoms with Gasteiger partial charge in [-0.25, -0.2) is 4.98 Å². The third-order valence-electron chi connectivity index (χ3n) is 3.93. The number of nitrogens with zero attached hydrogens (tertiary/aromatic N) is 2. The fourth-order valence-electron chi connectivity index (χ4n) is 2.74. The molecular formula is C20H16N2O3S. The maximum Gasteiger partial charge on any atom is 0.308 e. The number of carbonyl (C=O) groups is 1. The molecule has 5 nitrogen and oxygen atoms in total. The Labute approximate surface area is 154 Å². The maximum atomic E-state index is 10.8. The molecular weight excluding hydrogens is 348 g/mol. The van der Waals surface area contributed by atoms with Gasteiger partial charge in [-0.2, -0.15) is 0 Å². The Balaban J connectivity index is 1.60. The van der Waals surface area contributed by atoms with Gasteiger partial charge < -0.3 is 9.84 Å². The largest absolute Gasteiger partial charge is 0.488 e. The van der Waals surface area contributed by atoms with Crippen LogP contribution in [-0.4, -0.2) is 20.5 Å². The van der Waals surface area contributed by atoms with Gasteiger partial charge in [0.2, 0.25) is 0 Å². The van der Waals surface area contributed by atoms with Gasteiger partial charge in [-0.05, 0) is 17.7 Å². The number of fused-ring (bicyclic) bond motifs is 1. The van der Waals surface area contributed by atoms with Crippen molar-refractivity contribution < 1.29 is 14.6 Å². The monoisotopic (exact) mass is 364 g/mol. The van der Waals surface area contributed by atoms with Crippen LogP contribution < -0.4 is 4.74 Å². The average molecular weight is 364 g/mol. The van der Waals surface area contributed by atoms with Crippen molar-refractivity contribution in [3.8, 4) is 17.0 Å². The summed E-state index contributed by atoms with van der Waals surface area (Å²) in [6.45, 7) is 0.489. The van der Waals surface area contributed by atoms with Gasteiger partial charge in [0.1, 0.15) is 12.4 Å². The van der Waals surface area contributed by atoms with Crippen molar-refractivity contribution in [3.63, 3.8) is 0 Å². The highest BCUT2D eigenvalue weighted by Gasteiger charge is 2.13. The molecule has 0 fully saturated rings. The van der Waals surface area contributed by atoms with E-state index in [4.69, 9.17) is 9.84 Å². The quantitative estimate of drug-likeness (QED) is 0.555. The molecule has 0 aliphatic rings. The highest BCUT2D eigenvalue weighted by molar-refractivity contribution is 7.17. The summed E-state index contributed by atoms with van der Waals surface area (Å²) in [5.41, 5.74) is 2.83. The second-order valence-electron chi connectivity index (χ2n) is 5.85. The molecule has 0 atom stereocenters. The van der Waals surface area contributed by atoms with Gasteiger partial charge in [-0.15, -0.1) is 11.3 Å². The fraction of sp³-hybridized carbons (Fsp3) is 0.100. The molecule has 4 rings (SSSR count). The molecule has 0 aliphatic heterocycles. The van der Waals surface area contributed by atoms with E-state index in [-0.39, 0.29) is 6.42 Å². The highest BCUT2D eigenvalue weighted by atomic mass is 32.1. The number of aliphatic carboxylic acids is 1. The van der Waals surface area contributed by atoms with Gasteiger partial charge in [-0.3, -0.25) is 9.20 Å². The maximum absolute atomic E-state index is 10.8. The first-order valence-corrected chi connectivity index (χ1v) is 8.96. The second-order valence-corrected chi connectivity index (χ2v) is 6.95. The van der Waals surface area contributed by atoms with E-state index in [1.54, 1.807) is 0 Å². The van der Waals surface area contributed by atoms with Crippen molar-refractivity contribution in [1.82, 2.24) is 9.38 Å². The zero-order chi connectivity index (χ0) is 17.9. The number of benzene rings is 2. The summed E-state index contributed by atoms with van der Waals surface area (Å²) in [6.07, 6.45) is 3.74. The Morgan fingerprint density at radius 1 is 1.08 bits per heavy atom. The van der Waals surface area contributed by atoms with Crippen molar-refractivity contribution in [2.75, 3.05) is 0 Å². The summed E-state index contributed by atoms with van der Waals surface area (Å²) < 4.78 is 7.87. The van der Waals surface area contributed by atoms with Crippen LogP contribution in [-0.2, 0) is 17.8 Å². The van der Waals surface area contributed by atoms with Gasteiger partial charge in [0.25, 0.3) is 0 Å². The predicted octanol–water partition coefficient (Wildman–Crippen LogP) is 4.27. The van der Waals surface area contributed by atoms with E-state index < -0.39 is 5.97 Å². The van der Waals surface area contributed by atoms with Gasteiger partial charge in [0, 0.05) is 22.8 Å². The normalized spacial score (nSPS) is 10.9. The van der Waals surface area contributed by atoms with E-state index in [1.165, 1.54) is 11.3 Å². The van der Waals surface area contributed by atoms with Crippen LogP contribution in [0.25, 0.3) is 16.2 Å². The fourth-order valence-corrected chi connectivity index (χ4v) is 3.69. The smallest absolute Gasteiger partial charge is 0.308 e. The number of rotatable bonds is 6. The Bertz CT molecular complexity index is 1020. The number of carboxylic acid groups (broad SMARTS) is 1. The molecule has 130 valence electrons. The van der Waals surface area contributed by atoms with Crippen molar-refractivity contribution >= 4 is 22.3 Å². The zero-order valence-corrected chi connectivity index (χ0v) is 14.6. The first-order valence-electron chi connectivity index (χ1n) is 8.14. The molecule has 0 saturated heterocycles. The first-order chi connectivity index (χ1) is 12.7. The van der Waals surface area contributed by atoms with Crippen LogP contribution in [0.1, 0.15) is 10.4 Å². The molecule has 4 aromatic rings. The van der Waals surface area contributed by atoms with Crippen LogP contribution in [0.3, 0.4) is 0 Å². The summed E-state index contributed by atoms with van der Waals surface area (Å²) >= 11 is 1.39.